The first-order chi connectivity index (χ1) is 11.3. The molecule has 1 saturated heterocycles. The first kappa shape index (κ1) is 16.4. The molecule has 10 nitrogen and oxygen atoms in total. The summed E-state index contributed by atoms with van der Waals surface area (Å²) in [5.74, 6) is -2.61. The number of morpholine rings is 1. The number of carboxylic acid groups (broad SMARTS) is 1. The Hall–Kier alpha value is -2.50. The summed E-state index contributed by atoms with van der Waals surface area (Å²) in [6.45, 7) is 0.932. The lowest BCUT2D eigenvalue weighted by Crippen LogP contribution is -2.40. The molecule has 0 saturated carbocycles. The standard InChI is InChI=1S/C13H13N3O7S/c17-11-10(13(19)20)14-9-2-1-8(7-16(9)12(11)18)24(21,22)15-3-5-23-6-4-15/h1-2,7,17H,3-6H2,(H,19,20). The normalized spacial score (nSPS) is 16.3. The van der Waals surface area contributed by atoms with E-state index in [1.165, 1.54) is 16.4 Å². The molecule has 0 atom stereocenters. The molecule has 3 rings (SSSR count). The van der Waals surface area contributed by atoms with Crippen LogP contribution in [0.2, 0.25) is 0 Å². The number of rotatable bonds is 3. The van der Waals surface area contributed by atoms with Gasteiger partial charge in [-0.1, -0.05) is 0 Å². The van der Waals surface area contributed by atoms with Crippen LogP contribution < -0.4 is 5.56 Å². The van der Waals surface area contributed by atoms with Crippen molar-refractivity contribution in [2.75, 3.05) is 26.3 Å². The number of nitrogens with zero attached hydrogens (tertiary/aromatic N) is 3. The van der Waals surface area contributed by atoms with Gasteiger partial charge in [0.2, 0.25) is 15.8 Å². The number of aromatic nitrogens is 2. The third kappa shape index (κ3) is 2.62. The smallest absolute Gasteiger partial charge is 0.358 e. The molecule has 128 valence electrons. The Bertz CT molecular complexity index is 977. The molecular weight excluding hydrogens is 342 g/mol. The monoisotopic (exact) mass is 355 g/mol. The second-order valence-corrected chi connectivity index (χ2v) is 6.97. The van der Waals surface area contributed by atoms with Crippen molar-refractivity contribution in [1.29, 1.82) is 0 Å². The van der Waals surface area contributed by atoms with E-state index in [2.05, 4.69) is 4.98 Å². The Balaban J connectivity index is 2.15. The van der Waals surface area contributed by atoms with Gasteiger partial charge in [-0.05, 0) is 12.1 Å². The third-order valence-corrected chi connectivity index (χ3v) is 5.46. The lowest BCUT2D eigenvalue weighted by atomic mass is 10.3. The van der Waals surface area contributed by atoms with Crippen molar-refractivity contribution in [1.82, 2.24) is 13.7 Å². The molecule has 11 heteroatoms. The van der Waals surface area contributed by atoms with Gasteiger partial charge in [0.25, 0.3) is 0 Å². The van der Waals surface area contributed by atoms with E-state index in [1.807, 2.05) is 0 Å². The highest BCUT2D eigenvalue weighted by Crippen LogP contribution is 2.18. The molecular formula is C13H13N3O7S. The molecule has 1 aliphatic rings. The Morgan fingerprint density at radius 3 is 2.54 bits per heavy atom. The van der Waals surface area contributed by atoms with Gasteiger partial charge in [-0.2, -0.15) is 4.31 Å². The lowest BCUT2D eigenvalue weighted by molar-refractivity contribution is 0.0686. The van der Waals surface area contributed by atoms with Gasteiger partial charge in [0.15, 0.2) is 5.69 Å². The van der Waals surface area contributed by atoms with E-state index in [9.17, 15) is 23.1 Å². The minimum absolute atomic E-state index is 0.0869. The maximum Gasteiger partial charge on any atom is 0.358 e. The summed E-state index contributed by atoms with van der Waals surface area (Å²) in [5, 5.41) is 18.6. The summed E-state index contributed by atoms with van der Waals surface area (Å²) < 4.78 is 32.3. The minimum atomic E-state index is -3.84. The molecule has 24 heavy (non-hydrogen) atoms. The zero-order valence-electron chi connectivity index (χ0n) is 12.2. The Kier molecular flexibility index (Phi) is 3.99. The number of hydrogen-bond acceptors (Lipinski definition) is 7. The summed E-state index contributed by atoms with van der Waals surface area (Å²) >= 11 is 0. The first-order valence-electron chi connectivity index (χ1n) is 6.89. The first-order valence-corrected chi connectivity index (χ1v) is 8.33. The van der Waals surface area contributed by atoms with Crippen LogP contribution in [0.15, 0.2) is 28.0 Å². The number of pyridine rings is 1. The van der Waals surface area contributed by atoms with Crippen LogP contribution in [0.3, 0.4) is 0 Å². The molecule has 1 fully saturated rings. The summed E-state index contributed by atoms with van der Waals surface area (Å²) in [5.41, 5.74) is -1.93. The van der Waals surface area contributed by atoms with Crippen molar-refractivity contribution in [2.24, 2.45) is 0 Å². The predicted molar refractivity (Wildman–Crippen MR) is 79.7 cm³/mol. The number of aromatic carboxylic acids is 1. The largest absolute Gasteiger partial charge is 0.501 e. The van der Waals surface area contributed by atoms with Crippen molar-refractivity contribution in [3.8, 4) is 5.75 Å². The van der Waals surface area contributed by atoms with Crippen molar-refractivity contribution < 1.29 is 28.2 Å². The van der Waals surface area contributed by atoms with Crippen molar-refractivity contribution in [3.05, 3.63) is 34.4 Å². The second kappa shape index (κ2) is 5.85. The zero-order chi connectivity index (χ0) is 17.5. The molecule has 0 aromatic carbocycles. The van der Waals surface area contributed by atoms with E-state index in [4.69, 9.17) is 9.84 Å². The van der Waals surface area contributed by atoms with Crippen molar-refractivity contribution >= 4 is 21.6 Å². The number of sulfonamides is 1. The fraction of sp³-hybridized carbons (Fsp3) is 0.308. The third-order valence-electron chi connectivity index (χ3n) is 3.58. The highest BCUT2D eigenvalue weighted by molar-refractivity contribution is 7.89. The van der Waals surface area contributed by atoms with Gasteiger partial charge in [-0.3, -0.25) is 9.20 Å². The summed E-state index contributed by atoms with van der Waals surface area (Å²) in [6.07, 6.45) is 1.01. The minimum Gasteiger partial charge on any atom is -0.501 e. The topological polar surface area (TPSA) is 139 Å². The number of ether oxygens (including phenoxy) is 1. The van der Waals surface area contributed by atoms with Gasteiger partial charge in [0.1, 0.15) is 5.65 Å². The van der Waals surface area contributed by atoms with E-state index in [-0.39, 0.29) is 36.8 Å². The highest BCUT2D eigenvalue weighted by atomic mass is 32.2. The summed E-state index contributed by atoms with van der Waals surface area (Å²) in [4.78, 5) is 26.5. The van der Waals surface area contributed by atoms with Crippen LogP contribution in [0.25, 0.3) is 5.65 Å². The Morgan fingerprint density at radius 1 is 1.25 bits per heavy atom. The van der Waals surface area contributed by atoms with Crippen LogP contribution in [0.1, 0.15) is 10.5 Å². The Labute approximate surface area is 135 Å². The number of fused-ring (bicyclic) bond motifs is 1. The molecule has 3 heterocycles. The number of carboxylic acids is 1. The van der Waals surface area contributed by atoms with Crippen LogP contribution in [-0.2, 0) is 14.8 Å². The average Bonchev–Trinajstić information content (AvgIpc) is 2.58. The van der Waals surface area contributed by atoms with E-state index in [0.717, 1.165) is 10.6 Å². The van der Waals surface area contributed by atoms with Gasteiger partial charge in [0, 0.05) is 19.3 Å². The molecule has 0 aliphatic carbocycles. The van der Waals surface area contributed by atoms with E-state index >= 15 is 0 Å². The molecule has 0 radical (unpaired) electrons. The van der Waals surface area contributed by atoms with Crippen LogP contribution in [0, 0.1) is 0 Å². The zero-order valence-corrected chi connectivity index (χ0v) is 13.1. The summed E-state index contributed by atoms with van der Waals surface area (Å²) in [7, 11) is -3.84. The lowest BCUT2D eigenvalue weighted by Gasteiger charge is -2.26. The number of carbonyl (C=O) groups is 1. The maximum atomic E-state index is 12.6. The van der Waals surface area contributed by atoms with Crippen molar-refractivity contribution in [2.45, 2.75) is 4.90 Å². The molecule has 0 amide bonds. The molecule has 2 N–H and O–H groups in total. The predicted octanol–water partition coefficient (Wildman–Crippen LogP) is -0.881. The van der Waals surface area contributed by atoms with E-state index < -0.39 is 33.0 Å². The average molecular weight is 355 g/mol. The fourth-order valence-corrected chi connectivity index (χ4v) is 3.75. The highest BCUT2D eigenvalue weighted by Gasteiger charge is 2.27. The van der Waals surface area contributed by atoms with Gasteiger partial charge in [0.05, 0.1) is 18.1 Å². The van der Waals surface area contributed by atoms with Crippen molar-refractivity contribution in [3.63, 3.8) is 0 Å². The molecule has 2 aromatic rings. The quantitative estimate of drug-likeness (QED) is 0.724. The Morgan fingerprint density at radius 2 is 1.92 bits per heavy atom. The molecule has 0 bridgehead atoms. The van der Waals surface area contributed by atoms with E-state index in [0.29, 0.717) is 0 Å². The fourth-order valence-electron chi connectivity index (χ4n) is 2.35. The van der Waals surface area contributed by atoms with Gasteiger partial charge >= 0.3 is 11.5 Å². The van der Waals surface area contributed by atoms with Crippen LogP contribution >= 0.6 is 0 Å². The van der Waals surface area contributed by atoms with E-state index in [1.54, 1.807) is 0 Å². The van der Waals surface area contributed by atoms with Crippen LogP contribution in [0.4, 0.5) is 0 Å². The van der Waals surface area contributed by atoms with Gasteiger partial charge < -0.3 is 14.9 Å². The molecule has 2 aromatic heterocycles. The molecule has 0 spiro atoms. The second-order valence-electron chi connectivity index (χ2n) is 5.03. The SMILES string of the molecule is O=C(O)c1nc2ccc(S(=O)(=O)N3CCOCC3)cn2c(=O)c1O. The van der Waals surface area contributed by atoms with Gasteiger partial charge in [-0.25, -0.2) is 18.2 Å². The maximum absolute atomic E-state index is 12.6. The van der Waals surface area contributed by atoms with Crippen LogP contribution in [-0.4, -0.2) is 64.6 Å². The van der Waals surface area contributed by atoms with Crippen LogP contribution in [0.5, 0.6) is 5.75 Å². The van der Waals surface area contributed by atoms with Gasteiger partial charge in [-0.15, -0.1) is 0 Å². The summed E-state index contributed by atoms with van der Waals surface area (Å²) in [6, 6.07) is 2.44. The molecule has 0 unspecified atom stereocenters. The number of aromatic hydroxyl groups is 1. The number of hydrogen-bond donors (Lipinski definition) is 2. The molecule has 1 aliphatic heterocycles.